The number of pyridine rings is 1. The minimum atomic E-state index is -0.542. The Morgan fingerprint density at radius 2 is 1.72 bits per heavy atom. The molecule has 1 heterocycles. The molecule has 9 nitrogen and oxygen atoms in total. The molecule has 0 aliphatic rings. The molecule has 0 aliphatic heterocycles. The smallest absolute Gasteiger partial charge is 0.342 e. The molecule has 186 valence electrons. The molecule has 0 bridgehead atoms. The summed E-state index contributed by atoms with van der Waals surface area (Å²) in [7, 11) is 1.48. The summed E-state index contributed by atoms with van der Waals surface area (Å²) in [5.74, 6) is -0.0393. The lowest BCUT2D eigenvalue weighted by Gasteiger charge is -2.12. The third-order valence-corrected chi connectivity index (χ3v) is 4.95. The lowest BCUT2D eigenvalue weighted by Crippen LogP contribution is -2.10. The first kappa shape index (κ1) is 26.2. The number of hydrogen-bond acceptors (Lipinski definition) is 9. The minimum Gasteiger partial charge on any atom is -0.490 e. The number of carbonyl (C=O) groups excluding carboxylic acids is 2. The van der Waals surface area contributed by atoms with Gasteiger partial charge in [0.2, 0.25) is 0 Å². The van der Waals surface area contributed by atoms with E-state index in [-0.39, 0.29) is 43.9 Å². The van der Waals surface area contributed by atoms with Crippen molar-refractivity contribution in [1.82, 2.24) is 4.98 Å². The predicted molar refractivity (Wildman–Crippen MR) is 130 cm³/mol. The fourth-order valence-corrected chi connectivity index (χ4v) is 3.33. The Morgan fingerprint density at radius 3 is 2.39 bits per heavy atom. The third kappa shape index (κ3) is 6.81. The summed E-state index contributed by atoms with van der Waals surface area (Å²) in [5.41, 5.74) is 3.36. The molecular weight excluding hydrogens is 464 g/mol. The number of benzene rings is 2. The Bertz CT molecular complexity index is 1250. The van der Waals surface area contributed by atoms with Crippen molar-refractivity contribution in [2.45, 2.75) is 13.8 Å². The van der Waals surface area contributed by atoms with Crippen molar-refractivity contribution >= 4 is 11.9 Å². The number of esters is 2. The Kier molecular flexibility index (Phi) is 9.37. The predicted octanol–water partition coefficient (Wildman–Crippen LogP) is 4.39. The average Bonchev–Trinajstić information content (AvgIpc) is 2.90. The molecule has 0 fully saturated rings. The van der Waals surface area contributed by atoms with E-state index in [2.05, 4.69) is 11.1 Å². The van der Waals surface area contributed by atoms with Crippen LogP contribution in [-0.4, -0.2) is 50.6 Å². The molecule has 0 radical (unpaired) electrons. The number of carbonyl (C=O) groups is 2. The van der Waals surface area contributed by atoms with Crippen LogP contribution in [0.3, 0.4) is 0 Å². The van der Waals surface area contributed by atoms with Crippen LogP contribution in [0.15, 0.2) is 54.7 Å². The fraction of sp³-hybridized carbons (Fsp3) is 0.259. The van der Waals surface area contributed by atoms with E-state index in [1.54, 1.807) is 31.2 Å². The standard InChI is InChI=1S/C27H26N2O7/c1-4-33-27(31)24-14-25(29-16-26(24)36-17-32-3)20-7-10-23(21(13-20)15-28)19-5-8-22(9-6-19)35-12-11-34-18(2)30/h5-10,13-14,16H,4,11-12,17H2,1-3H3. The van der Waals surface area contributed by atoms with Gasteiger partial charge < -0.3 is 23.7 Å². The Balaban J connectivity index is 1.84. The number of nitrogens with zero attached hydrogens (tertiary/aromatic N) is 2. The van der Waals surface area contributed by atoms with Gasteiger partial charge in [0.15, 0.2) is 12.5 Å². The molecule has 36 heavy (non-hydrogen) atoms. The second kappa shape index (κ2) is 12.9. The molecule has 3 aromatic rings. The van der Waals surface area contributed by atoms with E-state index < -0.39 is 5.97 Å². The minimum absolute atomic E-state index is 0.0449. The highest BCUT2D eigenvalue weighted by Crippen LogP contribution is 2.31. The van der Waals surface area contributed by atoms with Crippen molar-refractivity contribution < 1.29 is 33.3 Å². The number of nitriles is 1. The van der Waals surface area contributed by atoms with Crippen molar-refractivity contribution in [1.29, 1.82) is 5.26 Å². The summed E-state index contributed by atoms with van der Waals surface area (Å²) in [6, 6.07) is 16.4. The first-order chi connectivity index (χ1) is 17.5. The van der Waals surface area contributed by atoms with Crippen LogP contribution in [0, 0.1) is 11.3 Å². The maximum Gasteiger partial charge on any atom is 0.342 e. The number of ether oxygens (including phenoxy) is 5. The van der Waals surface area contributed by atoms with Gasteiger partial charge in [0.1, 0.15) is 24.5 Å². The monoisotopic (exact) mass is 490 g/mol. The van der Waals surface area contributed by atoms with Gasteiger partial charge in [-0.1, -0.05) is 24.3 Å². The number of hydrogen-bond donors (Lipinski definition) is 0. The van der Waals surface area contributed by atoms with Gasteiger partial charge in [-0.25, -0.2) is 4.79 Å². The van der Waals surface area contributed by atoms with E-state index in [0.29, 0.717) is 22.6 Å². The van der Waals surface area contributed by atoms with Gasteiger partial charge in [-0.3, -0.25) is 9.78 Å². The van der Waals surface area contributed by atoms with Crippen LogP contribution < -0.4 is 9.47 Å². The summed E-state index contributed by atoms with van der Waals surface area (Å²) < 4.78 is 25.9. The van der Waals surface area contributed by atoms with Crippen LogP contribution in [0.25, 0.3) is 22.4 Å². The maximum atomic E-state index is 12.5. The molecule has 2 aromatic carbocycles. The molecule has 0 atom stereocenters. The molecule has 0 amide bonds. The number of rotatable bonds is 11. The zero-order valence-electron chi connectivity index (χ0n) is 20.3. The molecular formula is C27H26N2O7. The number of aromatic nitrogens is 1. The first-order valence-electron chi connectivity index (χ1n) is 11.2. The van der Waals surface area contributed by atoms with Gasteiger partial charge in [-0.15, -0.1) is 0 Å². The largest absolute Gasteiger partial charge is 0.490 e. The SMILES string of the molecule is CCOC(=O)c1cc(-c2ccc(-c3ccc(OCCOC(C)=O)cc3)c(C#N)c2)ncc1OCOC. The van der Waals surface area contributed by atoms with E-state index in [1.165, 1.54) is 20.2 Å². The van der Waals surface area contributed by atoms with E-state index in [0.717, 1.165) is 11.1 Å². The molecule has 3 rings (SSSR count). The second-order valence-electron chi connectivity index (χ2n) is 7.42. The first-order valence-corrected chi connectivity index (χ1v) is 11.2. The zero-order chi connectivity index (χ0) is 25.9. The molecule has 0 saturated heterocycles. The van der Waals surface area contributed by atoms with Crippen molar-refractivity contribution in [3.63, 3.8) is 0 Å². The molecule has 0 saturated carbocycles. The average molecular weight is 491 g/mol. The van der Waals surface area contributed by atoms with Crippen LogP contribution in [-0.2, 0) is 19.0 Å². The van der Waals surface area contributed by atoms with Crippen molar-refractivity contribution in [2.75, 3.05) is 33.7 Å². The molecule has 0 unspecified atom stereocenters. The Labute approximate surface area is 209 Å². The number of methoxy groups -OCH3 is 1. The third-order valence-electron chi connectivity index (χ3n) is 4.95. The van der Waals surface area contributed by atoms with Crippen LogP contribution in [0.4, 0.5) is 0 Å². The summed E-state index contributed by atoms with van der Waals surface area (Å²) >= 11 is 0. The maximum absolute atomic E-state index is 12.5. The van der Waals surface area contributed by atoms with Gasteiger partial charge in [-0.2, -0.15) is 5.26 Å². The summed E-state index contributed by atoms with van der Waals surface area (Å²) in [4.78, 5) is 27.7. The van der Waals surface area contributed by atoms with Gasteiger partial charge in [-0.05, 0) is 42.3 Å². The van der Waals surface area contributed by atoms with Crippen LogP contribution in [0.5, 0.6) is 11.5 Å². The summed E-state index contributed by atoms with van der Waals surface area (Å²) in [5, 5.41) is 9.80. The molecule has 1 aromatic heterocycles. The van der Waals surface area contributed by atoms with E-state index in [4.69, 9.17) is 23.7 Å². The van der Waals surface area contributed by atoms with Crippen LogP contribution in [0.2, 0.25) is 0 Å². The molecule has 0 aliphatic carbocycles. The quantitative estimate of drug-likeness (QED) is 0.219. The van der Waals surface area contributed by atoms with Crippen LogP contribution >= 0.6 is 0 Å². The summed E-state index contributed by atoms with van der Waals surface area (Å²) in [6.45, 7) is 3.64. The molecule has 9 heteroatoms. The van der Waals surface area contributed by atoms with Crippen molar-refractivity contribution in [3.8, 4) is 40.0 Å². The lowest BCUT2D eigenvalue weighted by atomic mass is 9.96. The van der Waals surface area contributed by atoms with E-state index in [1.807, 2.05) is 24.3 Å². The van der Waals surface area contributed by atoms with Crippen molar-refractivity contribution in [3.05, 3.63) is 65.9 Å². The van der Waals surface area contributed by atoms with Gasteiger partial charge >= 0.3 is 11.9 Å². The van der Waals surface area contributed by atoms with Gasteiger partial charge in [0, 0.05) is 19.6 Å². The fourth-order valence-electron chi connectivity index (χ4n) is 3.33. The molecule has 0 spiro atoms. The Hall–Kier alpha value is -4.42. The highest BCUT2D eigenvalue weighted by atomic mass is 16.7. The highest BCUT2D eigenvalue weighted by Gasteiger charge is 2.17. The normalized spacial score (nSPS) is 10.3. The van der Waals surface area contributed by atoms with E-state index >= 15 is 0 Å². The van der Waals surface area contributed by atoms with Gasteiger partial charge in [0.25, 0.3) is 0 Å². The topological polar surface area (TPSA) is 117 Å². The Morgan fingerprint density at radius 1 is 0.972 bits per heavy atom. The van der Waals surface area contributed by atoms with E-state index in [9.17, 15) is 14.9 Å². The van der Waals surface area contributed by atoms with Crippen LogP contribution in [0.1, 0.15) is 29.8 Å². The van der Waals surface area contributed by atoms with Gasteiger partial charge in [0.05, 0.1) is 30.1 Å². The van der Waals surface area contributed by atoms with Crippen molar-refractivity contribution in [2.24, 2.45) is 0 Å². The second-order valence-corrected chi connectivity index (χ2v) is 7.42. The lowest BCUT2D eigenvalue weighted by molar-refractivity contribution is -0.141. The molecule has 0 N–H and O–H groups in total. The summed E-state index contributed by atoms with van der Waals surface area (Å²) in [6.07, 6.45) is 1.43. The highest BCUT2D eigenvalue weighted by molar-refractivity contribution is 5.93. The zero-order valence-corrected chi connectivity index (χ0v) is 20.3.